The molecule has 0 saturated heterocycles. The molecule has 0 spiro atoms. The Balaban J connectivity index is 2.77. The summed E-state index contributed by atoms with van der Waals surface area (Å²) < 4.78 is 0. The van der Waals surface area contributed by atoms with E-state index in [-0.39, 0.29) is 0 Å². The highest BCUT2D eigenvalue weighted by molar-refractivity contribution is 6.11. The molecule has 1 N–H and O–H groups in total. The Hall–Kier alpha value is -0.980. The minimum atomic E-state index is 0.734. The van der Waals surface area contributed by atoms with Crippen molar-refractivity contribution in [3.8, 4) is 0 Å². The predicted octanol–water partition coefficient (Wildman–Crippen LogP) is 2.90. The predicted molar refractivity (Wildman–Crippen MR) is 48.8 cm³/mol. The molecular formula is C10H14N+. The van der Waals surface area contributed by atoms with E-state index in [1.807, 2.05) is 18.6 Å². The lowest BCUT2D eigenvalue weighted by atomic mass is 9.93. The van der Waals surface area contributed by atoms with Gasteiger partial charge in [0.05, 0.1) is 23.3 Å². The van der Waals surface area contributed by atoms with E-state index < -0.39 is 0 Å². The highest BCUT2D eigenvalue weighted by atomic mass is 14.4. The van der Waals surface area contributed by atoms with Crippen LogP contribution in [0.25, 0.3) is 0 Å². The standard InChI is InChI=1S/C10H14N/c1-3-8-6-5-7-9(4-2)10(8)11/h5-7,11H,3-4H2,1-2H3/q+1. The highest BCUT2D eigenvalue weighted by Gasteiger charge is 2.19. The van der Waals surface area contributed by atoms with Crippen LogP contribution in [-0.4, -0.2) is 5.71 Å². The molecule has 0 radical (unpaired) electrons. The summed E-state index contributed by atoms with van der Waals surface area (Å²) in [6.07, 6.45) is 8.03. The van der Waals surface area contributed by atoms with E-state index in [1.165, 1.54) is 0 Å². The maximum absolute atomic E-state index is 7.75. The second kappa shape index (κ2) is 3.42. The summed E-state index contributed by atoms with van der Waals surface area (Å²) in [5.74, 6) is 0. The normalized spacial score (nSPS) is 17.1. The van der Waals surface area contributed by atoms with Crippen molar-refractivity contribution in [2.24, 2.45) is 0 Å². The van der Waals surface area contributed by atoms with Crippen LogP contribution in [0.1, 0.15) is 26.7 Å². The largest absolute Gasteiger partial charge is 0.275 e. The molecule has 1 rings (SSSR count). The Labute approximate surface area is 68.3 Å². The molecule has 0 aliphatic heterocycles. The molecule has 0 saturated carbocycles. The number of hydrogen-bond donors (Lipinski definition) is 1. The number of nitrogens with one attached hydrogen (secondary N) is 1. The smallest absolute Gasteiger partial charge is 0.171 e. The SMILES string of the molecule is CCC1=C[CH+]C=C(CC)C1=N. The minimum absolute atomic E-state index is 0.734. The van der Waals surface area contributed by atoms with Crippen molar-refractivity contribution in [1.82, 2.24) is 0 Å². The second-order valence-corrected chi connectivity index (χ2v) is 2.66. The van der Waals surface area contributed by atoms with Crippen molar-refractivity contribution < 1.29 is 0 Å². The summed E-state index contributed by atoms with van der Waals surface area (Å²) in [6, 6.07) is 0. The monoisotopic (exact) mass is 148 g/mol. The summed E-state index contributed by atoms with van der Waals surface area (Å²) in [6.45, 7) is 4.18. The topological polar surface area (TPSA) is 23.9 Å². The molecule has 0 aromatic heterocycles. The lowest BCUT2D eigenvalue weighted by molar-refractivity contribution is 1.10. The molecule has 1 heteroatoms. The molecule has 0 bridgehead atoms. The molecule has 58 valence electrons. The van der Waals surface area contributed by atoms with Crippen LogP contribution in [-0.2, 0) is 0 Å². The summed E-state index contributed by atoms with van der Waals surface area (Å²) in [5, 5.41) is 7.75. The Kier molecular flexibility index (Phi) is 2.53. The number of rotatable bonds is 2. The fourth-order valence-electron chi connectivity index (χ4n) is 1.24. The molecule has 1 nitrogen and oxygen atoms in total. The molecule has 1 aliphatic rings. The third kappa shape index (κ3) is 1.53. The van der Waals surface area contributed by atoms with E-state index in [1.54, 1.807) is 0 Å². The Morgan fingerprint density at radius 3 is 2.00 bits per heavy atom. The Morgan fingerprint density at radius 1 is 1.18 bits per heavy atom. The first-order valence-electron chi connectivity index (χ1n) is 4.12. The van der Waals surface area contributed by atoms with Crippen molar-refractivity contribution in [2.75, 3.05) is 0 Å². The van der Waals surface area contributed by atoms with Gasteiger partial charge in [0.2, 0.25) is 0 Å². The zero-order chi connectivity index (χ0) is 8.27. The summed E-state index contributed by atoms with van der Waals surface area (Å²) >= 11 is 0. The Morgan fingerprint density at radius 2 is 1.64 bits per heavy atom. The maximum atomic E-state index is 7.75. The van der Waals surface area contributed by atoms with E-state index in [0.717, 1.165) is 29.7 Å². The van der Waals surface area contributed by atoms with Gasteiger partial charge in [-0.15, -0.1) is 0 Å². The zero-order valence-electron chi connectivity index (χ0n) is 7.15. The molecule has 1 aliphatic carbocycles. The maximum Gasteiger partial charge on any atom is 0.171 e. The average molecular weight is 148 g/mol. The van der Waals surface area contributed by atoms with Crippen molar-refractivity contribution in [3.05, 3.63) is 29.7 Å². The van der Waals surface area contributed by atoms with Gasteiger partial charge in [0.1, 0.15) is 0 Å². The van der Waals surface area contributed by atoms with Crippen LogP contribution in [0.5, 0.6) is 0 Å². The molecular weight excluding hydrogens is 134 g/mol. The van der Waals surface area contributed by atoms with Crippen molar-refractivity contribution >= 4 is 5.71 Å². The average Bonchev–Trinajstić information content (AvgIpc) is 2.05. The first kappa shape index (κ1) is 8.12. The molecule has 0 aromatic carbocycles. The van der Waals surface area contributed by atoms with E-state index in [4.69, 9.17) is 5.41 Å². The number of hydrogen-bond acceptors (Lipinski definition) is 1. The van der Waals surface area contributed by atoms with Gasteiger partial charge in [0, 0.05) is 19.3 Å². The molecule has 0 aromatic rings. The van der Waals surface area contributed by atoms with E-state index >= 15 is 0 Å². The third-order valence-electron chi connectivity index (χ3n) is 2.00. The third-order valence-corrected chi connectivity index (χ3v) is 2.00. The summed E-state index contributed by atoms with van der Waals surface area (Å²) in [4.78, 5) is 0. The van der Waals surface area contributed by atoms with Crippen LogP contribution in [0.15, 0.2) is 23.3 Å². The molecule has 0 amide bonds. The van der Waals surface area contributed by atoms with Crippen LogP contribution in [0.4, 0.5) is 0 Å². The fourth-order valence-corrected chi connectivity index (χ4v) is 1.24. The summed E-state index contributed by atoms with van der Waals surface area (Å²) in [7, 11) is 0. The number of allylic oxidation sites excluding steroid dienone is 4. The van der Waals surface area contributed by atoms with E-state index in [2.05, 4.69) is 13.8 Å². The first-order chi connectivity index (χ1) is 5.29. The van der Waals surface area contributed by atoms with E-state index in [9.17, 15) is 0 Å². The highest BCUT2D eigenvalue weighted by Crippen LogP contribution is 2.18. The van der Waals surface area contributed by atoms with Gasteiger partial charge in [0.25, 0.3) is 0 Å². The van der Waals surface area contributed by atoms with Crippen LogP contribution in [0.3, 0.4) is 0 Å². The van der Waals surface area contributed by atoms with Gasteiger partial charge in [-0.05, 0) is 13.8 Å². The van der Waals surface area contributed by atoms with Crippen LogP contribution in [0.2, 0.25) is 0 Å². The van der Waals surface area contributed by atoms with Crippen molar-refractivity contribution in [3.63, 3.8) is 0 Å². The van der Waals surface area contributed by atoms with Gasteiger partial charge in [-0.1, -0.05) is 0 Å². The van der Waals surface area contributed by atoms with Crippen molar-refractivity contribution in [1.29, 1.82) is 5.41 Å². The summed E-state index contributed by atoms with van der Waals surface area (Å²) in [5.41, 5.74) is 3.05. The molecule has 0 heterocycles. The zero-order valence-corrected chi connectivity index (χ0v) is 7.15. The second-order valence-electron chi connectivity index (χ2n) is 2.66. The van der Waals surface area contributed by atoms with Gasteiger partial charge < -0.3 is 0 Å². The van der Waals surface area contributed by atoms with Crippen LogP contribution >= 0.6 is 0 Å². The van der Waals surface area contributed by atoms with Crippen LogP contribution in [0, 0.1) is 11.8 Å². The first-order valence-corrected chi connectivity index (χ1v) is 4.12. The molecule has 11 heavy (non-hydrogen) atoms. The fraction of sp³-hybridized carbons (Fsp3) is 0.400. The molecule has 0 atom stereocenters. The molecule has 0 unspecified atom stereocenters. The quantitative estimate of drug-likeness (QED) is 0.582. The van der Waals surface area contributed by atoms with Gasteiger partial charge in [0.15, 0.2) is 5.71 Å². The van der Waals surface area contributed by atoms with E-state index in [0.29, 0.717) is 0 Å². The molecule has 0 fully saturated rings. The van der Waals surface area contributed by atoms with Gasteiger partial charge in [-0.2, -0.15) is 0 Å². The van der Waals surface area contributed by atoms with Gasteiger partial charge in [-0.25, -0.2) is 0 Å². The lowest BCUT2D eigenvalue weighted by Crippen LogP contribution is -2.07. The van der Waals surface area contributed by atoms with Gasteiger partial charge in [-0.3, -0.25) is 5.41 Å². The Bertz CT molecular complexity index is 199. The van der Waals surface area contributed by atoms with Gasteiger partial charge >= 0.3 is 0 Å². The van der Waals surface area contributed by atoms with Crippen molar-refractivity contribution in [2.45, 2.75) is 26.7 Å². The lowest BCUT2D eigenvalue weighted by Gasteiger charge is -2.04. The minimum Gasteiger partial charge on any atom is -0.275 e. The van der Waals surface area contributed by atoms with Crippen LogP contribution < -0.4 is 0 Å².